The molecule has 0 aromatic heterocycles. The summed E-state index contributed by atoms with van der Waals surface area (Å²) in [4.78, 5) is 34.7. The van der Waals surface area contributed by atoms with Gasteiger partial charge in [0.2, 0.25) is 0 Å². The van der Waals surface area contributed by atoms with E-state index in [-0.39, 0.29) is 13.0 Å². The number of hydrogen-bond acceptors (Lipinski definition) is 7. The number of esters is 3. The van der Waals surface area contributed by atoms with Crippen LogP contribution < -0.4 is 0 Å². The zero-order valence-corrected chi connectivity index (χ0v) is 15.2. The third kappa shape index (κ3) is 4.82. The molecule has 1 aliphatic heterocycles. The van der Waals surface area contributed by atoms with Crippen LogP contribution >= 0.6 is 0 Å². The molecule has 0 unspecified atom stereocenters. The van der Waals surface area contributed by atoms with Crippen molar-refractivity contribution in [3.63, 3.8) is 0 Å². The average molecular weight is 364 g/mol. The highest BCUT2D eigenvalue weighted by Crippen LogP contribution is 2.33. The average Bonchev–Trinajstić information content (AvgIpc) is 2.83. The van der Waals surface area contributed by atoms with Crippen LogP contribution in [0.1, 0.15) is 40.0 Å². The fourth-order valence-corrected chi connectivity index (χ4v) is 3.02. The molecule has 0 saturated carbocycles. The summed E-state index contributed by atoms with van der Waals surface area (Å²) in [7, 11) is 0. The molecule has 0 radical (unpaired) electrons. The zero-order chi connectivity index (χ0) is 19.4. The summed E-state index contributed by atoms with van der Waals surface area (Å²) in [6.07, 6.45) is 0.694. The molecule has 0 aromatic carbocycles. The van der Waals surface area contributed by atoms with Gasteiger partial charge in [0, 0.05) is 20.3 Å². The van der Waals surface area contributed by atoms with Crippen molar-refractivity contribution in [3.05, 3.63) is 34.9 Å². The summed E-state index contributed by atoms with van der Waals surface area (Å²) in [5, 5.41) is 10.3. The van der Waals surface area contributed by atoms with Gasteiger partial charge in [-0.1, -0.05) is 6.58 Å². The molecule has 0 bridgehead atoms. The highest BCUT2D eigenvalue weighted by Gasteiger charge is 2.35. The Bertz CT molecular complexity index is 686. The lowest BCUT2D eigenvalue weighted by Gasteiger charge is -2.25. The minimum Gasteiger partial charge on any atom is -0.461 e. The monoisotopic (exact) mass is 364 g/mol. The van der Waals surface area contributed by atoms with Crippen molar-refractivity contribution < 1.29 is 33.7 Å². The molecule has 0 aromatic rings. The Labute approximate surface area is 152 Å². The lowest BCUT2D eigenvalue weighted by Crippen LogP contribution is -2.27. The fraction of sp³-hybridized carbons (Fsp3) is 0.526. The normalized spacial score (nSPS) is 28.6. The Morgan fingerprint density at radius 2 is 2.00 bits per heavy atom. The molecule has 1 heterocycles. The molecule has 2 rings (SSSR count). The number of rotatable bonds is 3. The van der Waals surface area contributed by atoms with Crippen LogP contribution in [0.2, 0.25) is 0 Å². The SMILES string of the molecule is C=C1CCC2=C(COC(C)=O)C(=O)O[C@@H]2/C=C(\C)[C@@H](OC(C)=O)C[C@H]1O. The first-order valence-corrected chi connectivity index (χ1v) is 8.46. The molecule has 0 saturated heterocycles. The maximum absolute atomic E-state index is 12.2. The van der Waals surface area contributed by atoms with Gasteiger partial charge in [0.25, 0.3) is 0 Å². The number of carbonyl (C=O) groups is 3. The van der Waals surface area contributed by atoms with Crippen LogP contribution in [0.5, 0.6) is 0 Å². The third-order valence-electron chi connectivity index (χ3n) is 4.49. The Kier molecular flexibility index (Phi) is 6.37. The van der Waals surface area contributed by atoms with Crippen LogP contribution in [0.15, 0.2) is 34.9 Å². The van der Waals surface area contributed by atoms with Crippen molar-refractivity contribution in [3.8, 4) is 0 Å². The van der Waals surface area contributed by atoms with E-state index in [1.54, 1.807) is 13.0 Å². The molecular formula is C19H24O7. The van der Waals surface area contributed by atoms with E-state index in [1.807, 2.05) is 0 Å². The summed E-state index contributed by atoms with van der Waals surface area (Å²) >= 11 is 0. The standard InChI is InChI=1S/C19H24O7/c1-10-5-6-14-15(9-24-12(3)20)19(23)26-18(14)7-11(2)17(8-16(10)22)25-13(4)21/h7,16-18,22H,1,5-6,8-9H2,2-4H3/b11-7+/t16-,17+,18-/m1/s1. The Morgan fingerprint density at radius 3 is 2.62 bits per heavy atom. The Hall–Kier alpha value is -2.41. The van der Waals surface area contributed by atoms with E-state index in [0.29, 0.717) is 35.1 Å². The lowest BCUT2D eigenvalue weighted by molar-refractivity contribution is -0.146. The summed E-state index contributed by atoms with van der Waals surface area (Å²) < 4.78 is 15.7. The van der Waals surface area contributed by atoms with Crippen LogP contribution in [0.25, 0.3) is 0 Å². The molecule has 1 aliphatic carbocycles. The molecule has 1 N–H and O–H groups in total. The van der Waals surface area contributed by atoms with E-state index >= 15 is 0 Å². The van der Waals surface area contributed by atoms with E-state index in [4.69, 9.17) is 14.2 Å². The van der Waals surface area contributed by atoms with Crippen LogP contribution in [0, 0.1) is 0 Å². The quantitative estimate of drug-likeness (QED) is 0.463. The van der Waals surface area contributed by atoms with Gasteiger partial charge in [0.15, 0.2) is 0 Å². The number of ether oxygens (including phenoxy) is 3. The first-order valence-electron chi connectivity index (χ1n) is 8.46. The fourth-order valence-electron chi connectivity index (χ4n) is 3.02. The van der Waals surface area contributed by atoms with Crippen molar-refractivity contribution in [1.29, 1.82) is 0 Å². The third-order valence-corrected chi connectivity index (χ3v) is 4.49. The predicted octanol–water partition coefficient (Wildman–Crippen LogP) is 1.75. The summed E-state index contributed by atoms with van der Waals surface area (Å²) in [6, 6.07) is 0. The second-order valence-corrected chi connectivity index (χ2v) is 6.53. The Balaban J connectivity index is 2.39. The van der Waals surface area contributed by atoms with Gasteiger partial charge < -0.3 is 19.3 Å². The second-order valence-electron chi connectivity index (χ2n) is 6.53. The number of hydrogen-bond donors (Lipinski definition) is 1. The summed E-state index contributed by atoms with van der Waals surface area (Å²) in [5.74, 6) is -1.49. The maximum atomic E-state index is 12.2. The summed E-state index contributed by atoms with van der Waals surface area (Å²) in [6.45, 7) is 8.05. The maximum Gasteiger partial charge on any atom is 0.338 e. The summed E-state index contributed by atoms with van der Waals surface area (Å²) in [5.41, 5.74) is 2.24. The van der Waals surface area contributed by atoms with Crippen molar-refractivity contribution in [2.45, 2.75) is 58.3 Å². The van der Waals surface area contributed by atoms with Crippen molar-refractivity contribution >= 4 is 17.9 Å². The van der Waals surface area contributed by atoms with E-state index in [2.05, 4.69) is 6.58 Å². The largest absolute Gasteiger partial charge is 0.461 e. The first kappa shape index (κ1) is 19.9. The van der Waals surface area contributed by atoms with Crippen LogP contribution in [0.3, 0.4) is 0 Å². The van der Waals surface area contributed by atoms with Gasteiger partial charge in [-0.2, -0.15) is 0 Å². The minimum absolute atomic E-state index is 0.157. The molecule has 142 valence electrons. The van der Waals surface area contributed by atoms with Crippen LogP contribution in [0.4, 0.5) is 0 Å². The number of fused-ring (bicyclic) bond motifs is 1. The Morgan fingerprint density at radius 1 is 1.31 bits per heavy atom. The van der Waals surface area contributed by atoms with Crippen molar-refractivity contribution in [1.82, 2.24) is 0 Å². The number of aliphatic hydroxyl groups excluding tert-OH is 1. The first-order chi connectivity index (χ1) is 12.2. The minimum atomic E-state index is -0.838. The number of aliphatic hydroxyl groups is 1. The van der Waals surface area contributed by atoms with E-state index < -0.39 is 36.2 Å². The van der Waals surface area contributed by atoms with Crippen LogP contribution in [-0.4, -0.2) is 47.9 Å². The smallest absolute Gasteiger partial charge is 0.338 e. The second kappa shape index (κ2) is 8.31. The molecule has 0 amide bonds. The van der Waals surface area contributed by atoms with Gasteiger partial charge >= 0.3 is 17.9 Å². The van der Waals surface area contributed by atoms with E-state index in [1.165, 1.54) is 13.8 Å². The molecule has 2 aliphatic rings. The van der Waals surface area contributed by atoms with Gasteiger partial charge in [0.1, 0.15) is 18.8 Å². The van der Waals surface area contributed by atoms with Crippen molar-refractivity contribution in [2.24, 2.45) is 0 Å². The molecule has 7 nitrogen and oxygen atoms in total. The van der Waals surface area contributed by atoms with Gasteiger partial charge in [-0.15, -0.1) is 0 Å². The van der Waals surface area contributed by atoms with Gasteiger partial charge in [-0.05, 0) is 42.6 Å². The lowest BCUT2D eigenvalue weighted by atomic mass is 9.90. The van der Waals surface area contributed by atoms with Gasteiger partial charge in [0.05, 0.1) is 11.7 Å². The predicted molar refractivity (Wildman–Crippen MR) is 91.8 cm³/mol. The van der Waals surface area contributed by atoms with E-state index in [9.17, 15) is 19.5 Å². The number of carbonyl (C=O) groups excluding carboxylic acids is 3. The van der Waals surface area contributed by atoms with Gasteiger partial charge in [-0.3, -0.25) is 9.59 Å². The van der Waals surface area contributed by atoms with Crippen molar-refractivity contribution in [2.75, 3.05) is 6.61 Å². The molecule has 7 heteroatoms. The topological polar surface area (TPSA) is 99.1 Å². The van der Waals surface area contributed by atoms with E-state index in [0.717, 1.165) is 0 Å². The zero-order valence-electron chi connectivity index (χ0n) is 15.2. The molecule has 0 spiro atoms. The highest BCUT2D eigenvalue weighted by atomic mass is 16.6. The highest BCUT2D eigenvalue weighted by molar-refractivity contribution is 5.93. The molecular weight excluding hydrogens is 340 g/mol. The van der Waals surface area contributed by atoms with Crippen LogP contribution in [-0.2, 0) is 28.6 Å². The molecule has 0 fully saturated rings. The molecule has 3 atom stereocenters. The van der Waals surface area contributed by atoms with Gasteiger partial charge in [-0.25, -0.2) is 4.79 Å². The molecule has 26 heavy (non-hydrogen) atoms.